The highest BCUT2D eigenvalue weighted by Gasteiger charge is 2.16. The second kappa shape index (κ2) is 7.47. The molecule has 0 spiro atoms. The lowest BCUT2D eigenvalue weighted by Gasteiger charge is -2.31. The molecule has 2 fully saturated rings. The molecule has 0 saturated carbocycles. The largest absolute Gasteiger partial charge is 0.314 e. The summed E-state index contributed by atoms with van der Waals surface area (Å²) in [6.45, 7) is 9.01. The third-order valence-electron chi connectivity index (χ3n) is 5.14. The molecule has 2 aliphatic heterocycles. The smallest absolute Gasteiger partial charge is 0.0241 e. The Morgan fingerprint density at radius 3 is 2.50 bits per heavy atom. The van der Waals surface area contributed by atoms with Gasteiger partial charge < -0.3 is 5.32 Å². The van der Waals surface area contributed by atoms with Crippen LogP contribution < -0.4 is 5.32 Å². The quantitative estimate of drug-likeness (QED) is 0.914. The van der Waals surface area contributed by atoms with Crippen molar-refractivity contribution in [2.24, 2.45) is 0 Å². The summed E-state index contributed by atoms with van der Waals surface area (Å²) < 4.78 is 0. The first-order valence-corrected chi connectivity index (χ1v) is 9.13. The van der Waals surface area contributed by atoms with E-state index in [4.69, 9.17) is 0 Å². The predicted octanol–water partition coefficient (Wildman–Crippen LogP) is 2.76. The molecule has 2 saturated heterocycles. The maximum absolute atomic E-state index is 3.44. The molecule has 3 heteroatoms. The van der Waals surface area contributed by atoms with Crippen LogP contribution in [0.5, 0.6) is 0 Å². The average molecular weight is 320 g/mol. The highest BCUT2D eigenvalue weighted by atomic mass is 15.2. The maximum atomic E-state index is 3.44. The van der Waals surface area contributed by atoms with Crippen molar-refractivity contribution in [3.63, 3.8) is 0 Å². The minimum Gasteiger partial charge on any atom is -0.314 e. The van der Waals surface area contributed by atoms with Gasteiger partial charge in [-0.15, -0.1) is 0 Å². The fourth-order valence-electron chi connectivity index (χ4n) is 3.61. The van der Waals surface area contributed by atoms with Gasteiger partial charge in [0.2, 0.25) is 0 Å². The van der Waals surface area contributed by atoms with E-state index in [1.807, 2.05) is 0 Å². The molecule has 0 aromatic heterocycles. The molecule has 0 amide bonds. The summed E-state index contributed by atoms with van der Waals surface area (Å²) in [7, 11) is 0. The third-order valence-corrected chi connectivity index (χ3v) is 5.14. The van der Waals surface area contributed by atoms with Crippen LogP contribution in [0.25, 0.3) is 11.1 Å². The van der Waals surface area contributed by atoms with Crippen molar-refractivity contribution in [3.05, 3.63) is 59.7 Å². The Labute approximate surface area is 145 Å². The van der Waals surface area contributed by atoms with Crippen LogP contribution in [0, 0.1) is 6.07 Å². The standard InChI is InChI=1S/C21H26N3/c1-2-8-21(20(6-1)17-23-11-4-12-23)19-7-3-5-18(15-19)16-24-13-9-22-10-14-24/h1-3,6-8,15,22H,4,9-14,16-17H2. The molecule has 2 aliphatic rings. The van der Waals surface area contributed by atoms with Crippen molar-refractivity contribution in [2.45, 2.75) is 19.5 Å². The van der Waals surface area contributed by atoms with E-state index in [1.54, 1.807) is 0 Å². The Morgan fingerprint density at radius 1 is 0.917 bits per heavy atom. The molecule has 1 radical (unpaired) electrons. The van der Waals surface area contributed by atoms with Crippen LogP contribution in [-0.2, 0) is 13.1 Å². The van der Waals surface area contributed by atoms with Crippen molar-refractivity contribution in [3.8, 4) is 11.1 Å². The van der Waals surface area contributed by atoms with Crippen molar-refractivity contribution < 1.29 is 0 Å². The van der Waals surface area contributed by atoms with E-state index in [0.29, 0.717) is 0 Å². The Morgan fingerprint density at radius 2 is 1.71 bits per heavy atom. The van der Waals surface area contributed by atoms with Crippen LogP contribution in [0.4, 0.5) is 0 Å². The van der Waals surface area contributed by atoms with Crippen molar-refractivity contribution in [2.75, 3.05) is 39.3 Å². The first kappa shape index (κ1) is 15.8. The molecule has 1 N–H and O–H groups in total. The average Bonchev–Trinajstić information content (AvgIpc) is 2.60. The SMILES string of the molecule is [c]1ccc(-c2ccccc2CN2CCC2)cc1CN1CCNCC1. The molecule has 0 atom stereocenters. The van der Waals surface area contributed by atoms with Crippen LogP contribution in [0.3, 0.4) is 0 Å². The summed E-state index contributed by atoms with van der Waals surface area (Å²) in [5, 5.41) is 3.42. The van der Waals surface area contributed by atoms with Gasteiger partial charge in [0, 0.05) is 39.3 Å². The van der Waals surface area contributed by atoms with Gasteiger partial charge >= 0.3 is 0 Å². The summed E-state index contributed by atoms with van der Waals surface area (Å²) in [5.74, 6) is 0. The monoisotopic (exact) mass is 320 g/mol. The van der Waals surface area contributed by atoms with Gasteiger partial charge in [-0.2, -0.15) is 0 Å². The minimum absolute atomic E-state index is 1.00. The Hall–Kier alpha value is -1.68. The van der Waals surface area contributed by atoms with Crippen molar-refractivity contribution in [1.29, 1.82) is 0 Å². The predicted molar refractivity (Wildman–Crippen MR) is 98.8 cm³/mol. The zero-order valence-electron chi connectivity index (χ0n) is 14.3. The second-order valence-electron chi connectivity index (χ2n) is 6.92. The van der Waals surface area contributed by atoms with E-state index in [0.717, 1.165) is 39.3 Å². The van der Waals surface area contributed by atoms with E-state index in [-0.39, 0.29) is 0 Å². The molecule has 0 bridgehead atoms. The number of nitrogens with zero attached hydrogens (tertiary/aromatic N) is 2. The summed E-state index contributed by atoms with van der Waals surface area (Å²) in [5.41, 5.74) is 5.44. The summed E-state index contributed by atoms with van der Waals surface area (Å²) >= 11 is 0. The number of likely N-dealkylation sites (tertiary alicyclic amines) is 1. The molecular formula is C21H26N3. The first-order chi connectivity index (χ1) is 11.9. The first-order valence-electron chi connectivity index (χ1n) is 9.13. The van der Waals surface area contributed by atoms with E-state index in [1.165, 1.54) is 41.8 Å². The van der Waals surface area contributed by atoms with Crippen LogP contribution >= 0.6 is 0 Å². The molecule has 2 aromatic carbocycles. The number of benzene rings is 2. The van der Waals surface area contributed by atoms with Gasteiger partial charge in [0.1, 0.15) is 0 Å². The molecule has 0 unspecified atom stereocenters. The summed E-state index contributed by atoms with van der Waals surface area (Å²) in [4.78, 5) is 5.04. The van der Waals surface area contributed by atoms with Crippen LogP contribution in [0.2, 0.25) is 0 Å². The van der Waals surface area contributed by atoms with E-state index < -0.39 is 0 Å². The Kier molecular flexibility index (Phi) is 4.93. The highest BCUT2D eigenvalue weighted by molar-refractivity contribution is 5.67. The Bertz CT molecular complexity index is 672. The number of nitrogens with one attached hydrogen (secondary N) is 1. The van der Waals surface area contributed by atoms with Crippen molar-refractivity contribution >= 4 is 0 Å². The Balaban J connectivity index is 1.54. The number of hydrogen-bond donors (Lipinski definition) is 1. The number of piperazine rings is 1. The topological polar surface area (TPSA) is 18.5 Å². The van der Waals surface area contributed by atoms with E-state index in [2.05, 4.69) is 63.6 Å². The minimum atomic E-state index is 1.00. The van der Waals surface area contributed by atoms with Gasteiger partial charge in [-0.1, -0.05) is 36.4 Å². The van der Waals surface area contributed by atoms with Crippen LogP contribution in [0.15, 0.2) is 42.5 Å². The summed E-state index contributed by atoms with van der Waals surface area (Å²) in [6.07, 6.45) is 1.34. The van der Waals surface area contributed by atoms with Crippen LogP contribution in [-0.4, -0.2) is 49.1 Å². The summed E-state index contributed by atoms with van der Waals surface area (Å²) in [6, 6.07) is 18.9. The fourth-order valence-corrected chi connectivity index (χ4v) is 3.61. The molecule has 2 heterocycles. The lowest BCUT2D eigenvalue weighted by molar-refractivity contribution is 0.173. The molecule has 125 valence electrons. The second-order valence-corrected chi connectivity index (χ2v) is 6.92. The van der Waals surface area contributed by atoms with E-state index in [9.17, 15) is 0 Å². The van der Waals surface area contributed by atoms with Crippen LogP contribution in [0.1, 0.15) is 17.5 Å². The van der Waals surface area contributed by atoms with Gasteiger partial charge in [0.15, 0.2) is 0 Å². The molecule has 3 nitrogen and oxygen atoms in total. The fraction of sp³-hybridized carbons (Fsp3) is 0.429. The van der Waals surface area contributed by atoms with Gasteiger partial charge in [0.05, 0.1) is 0 Å². The molecule has 4 rings (SSSR count). The molecular weight excluding hydrogens is 294 g/mol. The normalized spacial score (nSPS) is 19.2. The number of rotatable bonds is 5. The zero-order valence-corrected chi connectivity index (χ0v) is 14.3. The van der Waals surface area contributed by atoms with E-state index >= 15 is 0 Å². The third kappa shape index (κ3) is 3.69. The molecule has 2 aromatic rings. The lowest BCUT2D eigenvalue weighted by Crippen LogP contribution is -2.42. The maximum Gasteiger partial charge on any atom is 0.0241 e. The highest BCUT2D eigenvalue weighted by Crippen LogP contribution is 2.27. The lowest BCUT2D eigenvalue weighted by atomic mass is 9.97. The van der Waals surface area contributed by atoms with Gasteiger partial charge in [-0.05, 0) is 53.9 Å². The van der Waals surface area contributed by atoms with Crippen molar-refractivity contribution in [1.82, 2.24) is 15.1 Å². The molecule has 24 heavy (non-hydrogen) atoms. The zero-order chi connectivity index (χ0) is 16.2. The molecule has 0 aliphatic carbocycles. The van der Waals surface area contributed by atoms with Gasteiger partial charge in [-0.25, -0.2) is 0 Å². The van der Waals surface area contributed by atoms with Gasteiger partial charge in [-0.3, -0.25) is 9.80 Å². The van der Waals surface area contributed by atoms with Gasteiger partial charge in [0.25, 0.3) is 0 Å². The number of hydrogen-bond acceptors (Lipinski definition) is 3.